The molecule has 2 heterocycles. The minimum atomic E-state index is -0.701. The van der Waals surface area contributed by atoms with E-state index in [9.17, 15) is 9.90 Å². The first-order valence-electron chi connectivity index (χ1n) is 7.31. The lowest BCUT2D eigenvalue weighted by molar-refractivity contribution is -0.148. The van der Waals surface area contributed by atoms with Gasteiger partial charge in [-0.1, -0.05) is 18.2 Å². The molecule has 1 saturated heterocycles. The fourth-order valence-electron chi connectivity index (χ4n) is 3.43. The Morgan fingerprint density at radius 2 is 2.30 bits per heavy atom. The molecule has 2 atom stereocenters. The zero-order valence-corrected chi connectivity index (χ0v) is 11.8. The molecule has 1 fully saturated rings. The van der Waals surface area contributed by atoms with E-state index in [1.54, 1.807) is 0 Å². The Morgan fingerprint density at radius 1 is 1.50 bits per heavy atom. The average Bonchev–Trinajstić information content (AvgIpc) is 2.82. The molecule has 0 spiro atoms. The minimum Gasteiger partial charge on any atom is -0.493 e. The molecule has 2 aliphatic rings. The molecule has 1 aromatic carbocycles. The van der Waals surface area contributed by atoms with Crippen LogP contribution in [-0.4, -0.2) is 41.2 Å². The van der Waals surface area contributed by atoms with Crippen molar-refractivity contribution in [3.8, 4) is 5.75 Å². The first-order chi connectivity index (χ1) is 9.61. The van der Waals surface area contributed by atoms with E-state index in [-0.39, 0.29) is 0 Å². The number of carbonyl (C=O) groups is 1. The van der Waals surface area contributed by atoms with E-state index < -0.39 is 11.5 Å². The molecule has 3 rings (SSSR count). The summed E-state index contributed by atoms with van der Waals surface area (Å²) in [7, 11) is 0. The summed E-state index contributed by atoms with van der Waals surface area (Å²) in [6.07, 6.45) is 2.67. The molecule has 108 valence electrons. The Bertz CT molecular complexity index is 516. The van der Waals surface area contributed by atoms with Crippen molar-refractivity contribution in [2.45, 2.75) is 37.6 Å². The lowest BCUT2D eigenvalue weighted by atomic mass is 9.91. The monoisotopic (exact) mass is 275 g/mol. The third-order valence-electron chi connectivity index (χ3n) is 4.77. The van der Waals surface area contributed by atoms with Crippen LogP contribution < -0.4 is 4.74 Å². The second kappa shape index (κ2) is 5.09. The van der Waals surface area contributed by atoms with E-state index in [1.807, 2.05) is 25.1 Å². The first kappa shape index (κ1) is 13.4. The molecule has 2 aliphatic heterocycles. The van der Waals surface area contributed by atoms with Gasteiger partial charge in [0.1, 0.15) is 11.3 Å². The summed E-state index contributed by atoms with van der Waals surface area (Å²) < 4.78 is 5.68. The number of carboxylic acids is 1. The van der Waals surface area contributed by atoms with E-state index in [1.165, 1.54) is 5.56 Å². The standard InChI is InChI=1S/C16H21NO3/c1-16(15(18)19)8-4-9-17(16)11-12-7-10-20-14-6-3-2-5-13(12)14/h2-3,5-6,12H,4,7-11H2,1H3,(H,18,19). The highest BCUT2D eigenvalue weighted by Crippen LogP contribution is 2.37. The summed E-state index contributed by atoms with van der Waals surface area (Å²) in [6.45, 7) is 4.26. The number of para-hydroxylation sites is 1. The Morgan fingerprint density at radius 3 is 3.10 bits per heavy atom. The third-order valence-corrected chi connectivity index (χ3v) is 4.77. The molecule has 0 bridgehead atoms. The second-order valence-electron chi connectivity index (χ2n) is 6.00. The van der Waals surface area contributed by atoms with E-state index in [2.05, 4.69) is 11.0 Å². The summed E-state index contributed by atoms with van der Waals surface area (Å²) in [6, 6.07) is 8.12. The normalized spacial score (nSPS) is 29.8. The lowest BCUT2D eigenvalue weighted by Crippen LogP contribution is -2.49. The van der Waals surface area contributed by atoms with Gasteiger partial charge >= 0.3 is 5.97 Å². The van der Waals surface area contributed by atoms with Crippen LogP contribution in [0.3, 0.4) is 0 Å². The number of fused-ring (bicyclic) bond motifs is 1. The van der Waals surface area contributed by atoms with Gasteiger partial charge in [-0.3, -0.25) is 9.69 Å². The summed E-state index contributed by atoms with van der Waals surface area (Å²) in [5, 5.41) is 9.50. The maximum Gasteiger partial charge on any atom is 0.323 e. The Kier molecular flexibility index (Phi) is 3.42. The average molecular weight is 275 g/mol. The molecular weight excluding hydrogens is 254 g/mol. The van der Waals surface area contributed by atoms with Crippen molar-refractivity contribution in [1.82, 2.24) is 4.90 Å². The summed E-state index contributed by atoms with van der Waals surface area (Å²) in [4.78, 5) is 13.7. The van der Waals surface area contributed by atoms with Crippen molar-refractivity contribution in [2.24, 2.45) is 0 Å². The largest absolute Gasteiger partial charge is 0.493 e. The zero-order chi connectivity index (χ0) is 14.2. The van der Waals surface area contributed by atoms with Gasteiger partial charge in [-0.05, 0) is 44.4 Å². The van der Waals surface area contributed by atoms with Gasteiger partial charge in [0.05, 0.1) is 6.61 Å². The van der Waals surface area contributed by atoms with Gasteiger partial charge in [-0.15, -0.1) is 0 Å². The van der Waals surface area contributed by atoms with Crippen molar-refractivity contribution >= 4 is 5.97 Å². The topological polar surface area (TPSA) is 49.8 Å². The maximum atomic E-state index is 11.6. The van der Waals surface area contributed by atoms with Crippen LogP contribution in [0.4, 0.5) is 0 Å². The molecule has 20 heavy (non-hydrogen) atoms. The lowest BCUT2D eigenvalue weighted by Gasteiger charge is -2.36. The molecule has 0 radical (unpaired) electrons. The van der Waals surface area contributed by atoms with Crippen molar-refractivity contribution in [3.05, 3.63) is 29.8 Å². The molecule has 1 aromatic rings. The number of likely N-dealkylation sites (tertiary alicyclic amines) is 1. The molecule has 0 amide bonds. The Hall–Kier alpha value is -1.55. The number of nitrogens with zero attached hydrogens (tertiary/aromatic N) is 1. The van der Waals surface area contributed by atoms with Gasteiger partial charge in [-0.2, -0.15) is 0 Å². The van der Waals surface area contributed by atoms with Gasteiger partial charge < -0.3 is 9.84 Å². The van der Waals surface area contributed by atoms with E-state index >= 15 is 0 Å². The third kappa shape index (κ3) is 2.18. The van der Waals surface area contributed by atoms with Crippen molar-refractivity contribution in [3.63, 3.8) is 0 Å². The van der Waals surface area contributed by atoms with Crippen LogP contribution >= 0.6 is 0 Å². The van der Waals surface area contributed by atoms with Crippen molar-refractivity contribution < 1.29 is 14.6 Å². The van der Waals surface area contributed by atoms with Gasteiger partial charge in [0.15, 0.2) is 0 Å². The quantitative estimate of drug-likeness (QED) is 0.920. The molecule has 0 saturated carbocycles. The fraction of sp³-hybridized carbons (Fsp3) is 0.562. The fourth-order valence-corrected chi connectivity index (χ4v) is 3.43. The highest BCUT2D eigenvalue weighted by atomic mass is 16.5. The summed E-state index contributed by atoms with van der Waals surface area (Å²) in [5.41, 5.74) is 0.520. The number of aliphatic carboxylic acids is 1. The number of hydrogen-bond acceptors (Lipinski definition) is 3. The van der Waals surface area contributed by atoms with Crippen LogP contribution in [0.2, 0.25) is 0 Å². The summed E-state index contributed by atoms with van der Waals surface area (Å²) in [5.74, 6) is 0.632. The van der Waals surface area contributed by atoms with Crippen LogP contribution in [0.25, 0.3) is 0 Å². The number of ether oxygens (including phenoxy) is 1. The molecular formula is C16H21NO3. The van der Waals surface area contributed by atoms with Gasteiger partial charge in [0.2, 0.25) is 0 Å². The number of hydrogen-bond donors (Lipinski definition) is 1. The molecule has 0 aliphatic carbocycles. The second-order valence-corrected chi connectivity index (χ2v) is 6.00. The number of rotatable bonds is 3. The van der Waals surface area contributed by atoms with E-state index in [4.69, 9.17) is 4.74 Å². The summed E-state index contributed by atoms with van der Waals surface area (Å²) >= 11 is 0. The Labute approximate surface area is 119 Å². The maximum absolute atomic E-state index is 11.6. The van der Waals surface area contributed by atoms with Gasteiger partial charge in [0.25, 0.3) is 0 Å². The number of carboxylic acid groups (broad SMARTS) is 1. The van der Waals surface area contributed by atoms with Crippen molar-refractivity contribution in [1.29, 1.82) is 0 Å². The zero-order valence-electron chi connectivity index (χ0n) is 11.8. The van der Waals surface area contributed by atoms with Crippen LogP contribution in [0.1, 0.15) is 37.7 Å². The van der Waals surface area contributed by atoms with E-state index in [0.717, 1.165) is 44.7 Å². The van der Waals surface area contributed by atoms with E-state index in [0.29, 0.717) is 5.92 Å². The highest BCUT2D eigenvalue weighted by molar-refractivity contribution is 5.78. The van der Waals surface area contributed by atoms with Gasteiger partial charge in [0, 0.05) is 12.5 Å². The first-order valence-corrected chi connectivity index (χ1v) is 7.31. The van der Waals surface area contributed by atoms with Crippen LogP contribution in [0, 0.1) is 0 Å². The predicted octanol–water partition coefficient (Wildman–Crippen LogP) is 2.49. The molecule has 0 aromatic heterocycles. The molecule has 4 nitrogen and oxygen atoms in total. The van der Waals surface area contributed by atoms with Gasteiger partial charge in [-0.25, -0.2) is 0 Å². The van der Waals surface area contributed by atoms with Crippen LogP contribution in [0.5, 0.6) is 5.75 Å². The van der Waals surface area contributed by atoms with Crippen LogP contribution in [0.15, 0.2) is 24.3 Å². The molecule has 1 N–H and O–H groups in total. The smallest absolute Gasteiger partial charge is 0.323 e. The highest BCUT2D eigenvalue weighted by Gasteiger charge is 2.44. The van der Waals surface area contributed by atoms with Crippen LogP contribution in [-0.2, 0) is 4.79 Å². The SMILES string of the molecule is CC1(C(=O)O)CCCN1CC1CCOc2ccccc21. The molecule has 2 unspecified atom stereocenters. The Balaban J connectivity index is 1.81. The minimum absolute atomic E-state index is 0.372. The van der Waals surface area contributed by atoms with Crippen molar-refractivity contribution in [2.75, 3.05) is 19.7 Å². The molecule has 4 heteroatoms. The predicted molar refractivity (Wildman–Crippen MR) is 76.1 cm³/mol. The number of benzene rings is 1.